The average molecular weight is 414 g/mol. The van der Waals surface area contributed by atoms with Crippen molar-refractivity contribution >= 4 is 35.1 Å². The monoisotopic (exact) mass is 413 g/mol. The fourth-order valence-electron chi connectivity index (χ4n) is 4.79. The summed E-state index contributed by atoms with van der Waals surface area (Å²) in [7, 11) is 0. The fraction of sp³-hybridized carbons (Fsp3) is 0.333. The Labute approximate surface area is 174 Å². The molecule has 0 unspecified atom stereocenters. The first kappa shape index (κ1) is 18.3. The summed E-state index contributed by atoms with van der Waals surface area (Å²) in [6.07, 6.45) is 1.66. The summed E-state index contributed by atoms with van der Waals surface area (Å²) in [5.41, 5.74) is 2.81. The third-order valence-corrected chi connectivity index (χ3v) is 6.33. The molecule has 2 aromatic rings. The Morgan fingerprint density at radius 2 is 1.39 bits per heavy atom. The minimum atomic E-state index is -0.0439. The second kappa shape index (κ2) is 7.25. The normalized spacial score (nSPS) is 31.6. The third kappa shape index (κ3) is 3.27. The van der Waals surface area contributed by atoms with Gasteiger partial charge in [0.05, 0.1) is 47.4 Å². The van der Waals surface area contributed by atoms with Gasteiger partial charge in [-0.15, -0.1) is 0 Å². The standard InChI is InChI=1S/C21H21Cl2N5/c22-18-7-4-8-19(23)17(18)9-24-25-20(16-5-2-1-3-6-16)21-10-26-13-27(11-21)15-28(12-21)14-26/h1-9H,10-15H2/b24-9-,25-20-. The highest BCUT2D eigenvalue weighted by Crippen LogP contribution is 2.38. The predicted molar refractivity (Wildman–Crippen MR) is 114 cm³/mol. The lowest BCUT2D eigenvalue weighted by molar-refractivity contribution is -0.149. The van der Waals surface area contributed by atoms with Crippen molar-refractivity contribution in [3.8, 4) is 0 Å². The van der Waals surface area contributed by atoms with Crippen molar-refractivity contribution in [2.45, 2.75) is 0 Å². The molecule has 2 aromatic carbocycles. The number of halogens is 2. The van der Waals surface area contributed by atoms with Crippen LogP contribution in [0.3, 0.4) is 0 Å². The highest BCUT2D eigenvalue weighted by Gasteiger charge is 2.51. The van der Waals surface area contributed by atoms with Gasteiger partial charge in [0.1, 0.15) is 0 Å². The molecule has 5 nitrogen and oxygen atoms in total. The van der Waals surface area contributed by atoms with E-state index >= 15 is 0 Å². The molecule has 0 aliphatic carbocycles. The second-order valence-corrected chi connectivity index (χ2v) is 8.70. The topological polar surface area (TPSA) is 34.4 Å². The number of benzene rings is 2. The van der Waals surface area contributed by atoms with Gasteiger partial charge in [-0.05, 0) is 17.7 Å². The van der Waals surface area contributed by atoms with Crippen molar-refractivity contribution in [1.29, 1.82) is 0 Å². The zero-order valence-electron chi connectivity index (χ0n) is 15.4. The van der Waals surface area contributed by atoms with Gasteiger partial charge in [-0.3, -0.25) is 14.7 Å². The maximum Gasteiger partial charge on any atom is 0.0802 e. The number of hydrogen-bond acceptors (Lipinski definition) is 5. The number of hydrogen-bond donors (Lipinski definition) is 0. The van der Waals surface area contributed by atoms with Gasteiger partial charge in [-0.2, -0.15) is 10.2 Å². The first-order chi connectivity index (χ1) is 13.6. The summed E-state index contributed by atoms with van der Waals surface area (Å²) < 4.78 is 0. The molecule has 4 aliphatic rings. The minimum Gasteiger partial charge on any atom is -0.276 e. The van der Waals surface area contributed by atoms with Gasteiger partial charge in [-0.25, -0.2) is 0 Å². The lowest BCUT2D eigenvalue weighted by Crippen LogP contribution is -2.74. The van der Waals surface area contributed by atoms with Crippen molar-refractivity contribution in [3.63, 3.8) is 0 Å². The smallest absolute Gasteiger partial charge is 0.0802 e. The van der Waals surface area contributed by atoms with E-state index in [1.165, 1.54) is 0 Å². The average Bonchev–Trinajstić information content (AvgIpc) is 2.66. The molecule has 0 saturated carbocycles. The van der Waals surface area contributed by atoms with E-state index < -0.39 is 0 Å². The van der Waals surface area contributed by atoms with Crippen LogP contribution in [0.4, 0.5) is 0 Å². The van der Waals surface area contributed by atoms with Gasteiger partial charge in [0, 0.05) is 25.2 Å². The van der Waals surface area contributed by atoms with Crippen LogP contribution < -0.4 is 0 Å². The molecule has 4 heterocycles. The highest BCUT2D eigenvalue weighted by molar-refractivity contribution is 6.38. The summed E-state index contributed by atoms with van der Waals surface area (Å²) in [5, 5.41) is 10.3. The van der Waals surface area contributed by atoms with E-state index in [2.05, 4.69) is 44.1 Å². The zero-order valence-corrected chi connectivity index (χ0v) is 16.9. The molecule has 4 aliphatic heterocycles. The molecule has 0 amide bonds. The molecule has 0 spiro atoms. The Balaban J connectivity index is 1.55. The fourth-order valence-corrected chi connectivity index (χ4v) is 5.28. The maximum absolute atomic E-state index is 6.27. The lowest BCUT2D eigenvalue weighted by Gasteiger charge is -2.60. The molecule has 4 fully saturated rings. The summed E-state index contributed by atoms with van der Waals surface area (Å²) in [5.74, 6) is 0. The summed E-state index contributed by atoms with van der Waals surface area (Å²) in [4.78, 5) is 7.47. The highest BCUT2D eigenvalue weighted by atomic mass is 35.5. The zero-order chi connectivity index (χ0) is 19.1. The van der Waals surface area contributed by atoms with E-state index in [1.807, 2.05) is 24.3 Å². The predicted octanol–water partition coefficient (Wildman–Crippen LogP) is 3.62. The Bertz CT molecular complexity index is 886. The molecule has 0 atom stereocenters. The summed E-state index contributed by atoms with van der Waals surface area (Å²) in [6.45, 7) is 6.15. The molecular weight excluding hydrogens is 393 g/mol. The number of nitrogens with zero attached hydrogens (tertiary/aromatic N) is 5. The van der Waals surface area contributed by atoms with Crippen LogP contribution in [0.15, 0.2) is 58.7 Å². The Morgan fingerprint density at radius 3 is 1.96 bits per heavy atom. The molecule has 7 heteroatoms. The first-order valence-corrected chi connectivity index (χ1v) is 10.2. The molecule has 28 heavy (non-hydrogen) atoms. The van der Waals surface area contributed by atoms with E-state index in [4.69, 9.17) is 28.3 Å². The Hall–Kier alpha value is -1.76. The minimum absolute atomic E-state index is 0.0439. The van der Waals surface area contributed by atoms with Crippen LogP contribution in [0.25, 0.3) is 0 Å². The van der Waals surface area contributed by atoms with Crippen LogP contribution in [-0.4, -0.2) is 66.3 Å². The third-order valence-electron chi connectivity index (χ3n) is 5.67. The first-order valence-electron chi connectivity index (χ1n) is 9.41. The van der Waals surface area contributed by atoms with Crippen LogP contribution in [0.1, 0.15) is 11.1 Å². The van der Waals surface area contributed by atoms with Crippen molar-refractivity contribution in [1.82, 2.24) is 14.7 Å². The van der Waals surface area contributed by atoms with E-state index in [0.29, 0.717) is 15.6 Å². The van der Waals surface area contributed by atoms with Crippen molar-refractivity contribution in [3.05, 3.63) is 69.7 Å². The van der Waals surface area contributed by atoms with Gasteiger partial charge in [-0.1, -0.05) is 59.6 Å². The van der Waals surface area contributed by atoms with Gasteiger partial charge in [0.15, 0.2) is 0 Å². The van der Waals surface area contributed by atoms with Gasteiger partial charge >= 0.3 is 0 Å². The largest absolute Gasteiger partial charge is 0.276 e. The van der Waals surface area contributed by atoms with E-state index in [9.17, 15) is 0 Å². The van der Waals surface area contributed by atoms with Crippen molar-refractivity contribution in [2.75, 3.05) is 39.6 Å². The second-order valence-electron chi connectivity index (χ2n) is 7.89. The Kier molecular flexibility index (Phi) is 4.73. The molecule has 4 saturated heterocycles. The van der Waals surface area contributed by atoms with E-state index in [1.54, 1.807) is 6.21 Å². The Morgan fingerprint density at radius 1 is 0.821 bits per heavy atom. The van der Waals surface area contributed by atoms with Crippen LogP contribution in [0.5, 0.6) is 0 Å². The molecule has 144 valence electrons. The van der Waals surface area contributed by atoms with Crippen LogP contribution >= 0.6 is 23.2 Å². The summed E-state index contributed by atoms with van der Waals surface area (Å²) in [6, 6.07) is 15.8. The van der Waals surface area contributed by atoms with Crippen molar-refractivity contribution < 1.29 is 0 Å². The molecule has 0 radical (unpaired) electrons. The quantitative estimate of drug-likeness (QED) is 0.566. The molecular formula is C21H21Cl2N5. The maximum atomic E-state index is 6.27. The van der Waals surface area contributed by atoms with Crippen LogP contribution in [-0.2, 0) is 0 Å². The SMILES string of the molecule is Clc1cccc(Cl)c1/C=N\N=C(\c1ccccc1)C12CN3CN(CN(C3)C1)C2. The van der Waals surface area contributed by atoms with Crippen molar-refractivity contribution in [2.24, 2.45) is 15.6 Å². The van der Waals surface area contributed by atoms with Gasteiger partial charge < -0.3 is 0 Å². The summed E-state index contributed by atoms with van der Waals surface area (Å²) >= 11 is 12.5. The van der Waals surface area contributed by atoms with E-state index in [-0.39, 0.29) is 5.41 Å². The molecule has 0 aromatic heterocycles. The van der Waals surface area contributed by atoms with Gasteiger partial charge in [0.2, 0.25) is 0 Å². The van der Waals surface area contributed by atoms with Crippen LogP contribution in [0.2, 0.25) is 10.0 Å². The molecule has 6 rings (SSSR count). The van der Waals surface area contributed by atoms with E-state index in [0.717, 1.165) is 50.9 Å². The molecule has 4 bridgehead atoms. The van der Waals surface area contributed by atoms with Crippen LogP contribution in [0, 0.1) is 5.41 Å². The lowest BCUT2D eigenvalue weighted by atomic mass is 9.74. The van der Waals surface area contributed by atoms with Gasteiger partial charge in [0.25, 0.3) is 0 Å². The molecule has 0 N–H and O–H groups in total. The number of rotatable bonds is 4.